The molecule has 0 atom stereocenters. The number of piperazine rings is 1. The summed E-state index contributed by atoms with van der Waals surface area (Å²) in [6.07, 6.45) is 0. The fourth-order valence-electron chi connectivity index (χ4n) is 1.89. The average Bonchev–Trinajstić information content (AvgIpc) is 2.32. The molecule has 2 heteroatoms. The van der Waals surface area contributed by atoms with Crippen LogP contribution in [-0.2, 0) is 0 Å². The molecule has 1 heterocycles. The molecular formula is C14H24N2. The smallest absolute Gasteiger partial charge is 0.0369 e. The van der Waals surface area contributed by atoms with Crippen molar-refractivity contribution < 1.29 is 0 Å². The number of benzene rings is 1. The van der Waals surface area contributed by atoms with E-state index in [1.54, 1.807) is 0 Å². The van der Waals surface area contributed by atoms with Gasteiger partial charge in [-0.3, -0.25) is 0 Å². The molecule has 0 bridgehead atoms. The van der Waals surface area contributed by atoms with E-state index >= 15 is 0 Å². The molecule has 1 saturated heterocycles. The summed E-state index contributed by atoms with van der Waals surface area (Å²) in [5.41, 5.74) is 2.72. The summed E-state index contributed by atoms with van der Waals surface area (Å²) in [7, 11) is 2.19. The van der Waals surface area contributed by atoms with E-state index in [1.165, 1.54) is 24.3 Å². The Kier molecular flexibility index (Phi) is 5.33. The van der Waals surface area contributed by atoms with Crippen molar-refractivity contribution in [3.8, 4) is 0 Å². The monoisotopic (exact) mass is 220 g/mol. The highest BCUT2D eigenvalue weighted by molar-refractivity contribution is 5.48. The molecule has 0 spiro atoms. The van der Waals surface area contributed by atoms with Crippen LogP contribution in [0.5, 0.6) is 0 Å². The zero-order valence-corrected chi connectivity index (χ0v) is 11.0. The first-order chi connectivity index (χ1) is 7.75. The quantitative estimate of drug-likeness (QED) is 0.718. The normalized spacial score (nSPS) is 16.6. The molecule has 0 aromatic heterocycles. The van der Waals surface area contributed by atoms with Crippen LogP contribution in [0, 0.1) is 6.92 Å². The predicted molar refractivity (Wildman–Crippen MR) is 72.2 cm³/mol. The van der Waals surface area contributed by atoms with Crippen molar-refractivity contribution in [1.29, 1.82) is 0 Å². The summed E-state index contributed by atoms with van der Waals surface area (Å²) < 4.78 is 0. The van der Waals surface area contributed by atoms with Crippen LogP contribution >= 0.6 is 0 Å². The summed E-state index contributed by atoms with van der Waals surface area (Å²) in [6, 6.07) is 8.77. The van der Waals surface area contributed by atoms with Crippen LogP contribution in [0.2, 0.25) is 0 Å². The Hall–Kier alpha value is -1.02. The SMILES string of the molecule is CC.Cc1cccc(N2CCN(C)CC2)c1. The predicted octanol–water partition coefficient (Wildman–Crippen LogP) is 2.77. The zero-order valence-electron chi connectivity index (χ0n) is 11.0. The summed E-state index contributed by atoms with van der Waals surface area (Å²) in [4.78, 5) is 4.85. The van der Waals surface area contributed by atoms with Gasteiger partial charge in [0.1, 0.15) is 0 Å². The second-order valence-corrected chi connectivity index (χ2v) is 4.13. The van der Waals surface area contributed by atoms with Gasteiger partial charge in [0.2, 0.25) is 0 Å². The van der Waals surface area contributed by atoms with Gasteiger partial charge in [-0.2, -0.15) is 0 Å². The van der Waals surface area contributed by atoms with E-state index in [4.69, 9.17) is 0 Å². The second kappa shape index (κ2) is 6.54. The van der Waals surface area contributed by atoms with Crippen LogP contribution in [0.3, 0.4) is 0 Å². The summed E-state index contributed by atoms with van der Waals surface area (Å²) in [6.45, 7) is 10.8. The van der Waals surface area contributed by atoms with Gasteiger partial charge in [0.05, 0.1) is 0 Å². The van der Waals surface area contributed by atoms with Gasteiger partial charge in [-0.25, -0.2) is 0 Å². The van der Waals surface area contributed by atoms with Gasteiger partial charge in [0.25, 0.3) is 0 Å². The third-order valence-corrected chi connectivity index (χ3v) is 2.87. The Morgan fingerprint density at radius 2 is 1.62 bits per heavy atom. The number of nitrogens with zero attached hydrogens (tertiary/aromatic N) is 2. The maximum Gasteiger partial charge on any atom is 0.0369 e. The van der Waals surface area contributed by atoms with Gasteiger partial charge in [-0.15, -0.1) is 0 Å². The van der Waals surface area contributed by atoms with Gasteiger partial charge in [0.15, 0.2) is 0 Å². The van der Waals surface area contributed by atoms with Crippen LogP contribution in [0.15, 0.2) is 24.3 Å². The van der Waals surface area contributed by atoms with E-state index in [1.807, 2.05) is 13.8 Å². The molecule has 1 fully saturated rings. The topological polar surface area (TPSA) is 6.48 Å². The maximum absolute atomic E-state index is 2.47. The summed E-state index contributed by atoms with van der Waals surface area (Å²) >= 11 is 0. The molecule has 0 unspecified atom stereocenters. The maximum atomic E-state index is 2.47. The van der Waals surface area contributed by atoms with E-state index in [0.717, 1.165) is 13.1 Å². The van der Waals surface area contributed by atoms with Crippen molar-refractivity contribution in [3.63, 3.8) is 0 Å². The van der Waals surface area contributed by atoms with Crippen LogP contribution in [0.25, 0.3) is 0 Å². The highest BCUT2D eigenvalue weighted by Gasteiger charge is 2.13. The Morgan fingerprint density at radius 3 is 2.19 bits per heavy atom. The molecule has 0 aliphatic carbocycles. The van der Waals surface area contributed by atoms with Crippen molar-refractivity contribution in [3.05, 3.63) is 29.8 Å². The molecule has 0 N–H and O–H groups in total. The summed E-state index contributed by atoms with van der Waals surface area (Å²) in [5.74, 6) is 0. The standard InChI is InChI=1S/C12H18N2.C2H6/c1-11-4-3-5-12(10-11)14-8-6-13(2)7-9-14;1-2/h3-5,10H,6-9H2,1-2H3;1-2H3. The van der Waals surface area contributed by atoms with E-state index in [9.17, 15) is 0 Å². The Bertz CT molecular complexity index is 301. The van der Waals surface area contributed by atoms with Gasteiger partial charge in [-0.05, 0) is 31.7 Å². The Balaban J connectivity index is 0.000000606. The van der Waals surface area contributed by atoms with Crippen LogP contribution in [0.1, 0.15) is 19.4 Å². The first-order valence-electron chi connectivity index (χ1n) is 6.26. The molecule has 16 heavy (non-hydrogen) atoms. The van der Waals surface area contributed by atoms with Crippen molar-refractivity contribution in [1.82, 2.24) is 4.90 Å². The van der Waals surface area contributed by atoms with Crippen LogP contribution in [-0.4, -0.2) is 38.1 Å². The Morgan fingerprint density at radius 1 is 1.00 bits per heavy atom. The number of aryl methyl sites for hydroxylation is 1. The zero-order chi connectivity index (χ0) is 12.0. The molecule has 1 aromatic carbocycles. The molecule has 90 valence electrons. The van der Waals surface area contributed by atoms with E-state index in [-0.39, 0.29) is 0 Å². The molecule has 1 aliphatic rings. The number of rotatable bonds is 1. The third-order valence-electron chi connectivity index (χ3n) is 2.87. The highest BCUT2D eigenvalue weighted by atomic mass is 15.2. The fourth-order valence-corrected chi connectivity index (χ4v) is 1.89. The van der Waals surface area contributed by atoms with Crippen molar-refractivity contribution in [2.45, 2.75) is 20.8 Å². The molecule has 0 radical (unpaired) electrons. The number of likely N-dealkylation sites (N-methyl/N-ethyl adjacent to an activating group) is 1. The van der Waals surface area contributed by atoms with Gasteiger partial charge in [-0.1, -0.05) is 26.0 Å². The minimum absolute atomic E-state index is 1.15. The molecule has 1 aliphatic heterocycles. The van der Waals surface area contributed by atoms with Crippen molar-refractivity contribution in [2.75, 3.05) is 38.1 Å². The van der Waals surface area contributed by atoms with E-state index < -0.39 is 0 Å². The van der Waals surface area contributed by atoms with Crippen LogP contribution in [0.4, 0.5) is 5.69 Å². The van der Waals surface area contributed by atoms with Gasteiger partial charge in [0, 0.05) is 31.9 Å². The lowest BCUT2D eigenvalue weighted by atomic mass is 10.2. The van der Waals surface area contributed by atoms with Crippen LogP contribution < -0.4 is 4.90 Å². The lowest BCUT2D eigenvalue weighted by Crippen LogP contribution is -2.44. The number of hydrogen-bond acceptors (Lipinski definition) is 2. The molecule has 2 nitrogen and oxygen atoms in total. The molecule has 1 aromatic rings. The first kappa shape index (κ1) is 13.0. The Labute approximate surface area is 99.9 Å². The van der Waals surface area contributed by atoms with E-state index in [2.05, 4.69) is 48.0 Å². The first-order valence-corrected chi connectivity index (χ1v) is 6.26. The van der Waals surface area contributed by atoms with Crippen molar-refractivity contribution >= 4 is 5.69 Å². The van der Waals surface area contributed by atoms with Gasteiger partial charge < -0.3 is 9.80 Å². The largest absolute Gasteiger partial charge is 0.369 e. The van der Waals surface area contributed by atoms with E-state index in [0.29, 0.717) is 0 Å². The molecular weight excluding hydrogens is 196 g/mol. The number of anilines is 1. The minimum Gasteiger partial charge on any atom is -0.369 e. The lowest BCUT2D eigenvalue weighted by Gasteiger charge is -2.34. The summed E-state index contributed by atoms with van der Waals surface area (Å²) in [5, 5.41) is 0. The number of hydrogen-bond donors (Lipinski definition) is 0. The minimum atomic E-state index is 1.15. The second-order valence-electron chi connectivity index (χ2n) is 4.13. The third kappa shape index (κ3) is 3.53. The highest BCUT2D eigenvalue weighted by Crippen LogP contribution is 2.17. The lowest BCUT2D eigenvalue weighted by molar-refractivity contribution is 0.313. The fraction of sp³-hybridized carbons (Fsp3) is 0.571. The van der Waals surface area contributed by atoms with Gasteiger partial charge >= 0.3 is 0 Å². The average molecular weight is 220 g/mol. The molecule has 0 amide bonds. The van der Waals surface area contributed by atoms with Crippen molar-refractivity contribution in [2.24, 2.45) is 0 Å². The molecule has 2 rings (SSSR count). The molecule has 0 saturated carbocycles.